The standard InChI is InChI=1S/C10H9NO5S/c12-9(7-4-2-1-3-5-7)10-11-6-8(16-10)17(13,14)15/h1-6,10-11H,(H,13,14,15). The molecule has 0 saturated carbocycles. The molecule has 1 aromatic rings. The van der Waals surface area contributed by atoms with Crippen molar-refractivity contribution in [1.29, 1.82) is 0 Å². The number of hydrogen-bond donors (Lipinski definition) is 2. The van der Waals surface area contributed by atoms with Gasteiger partial charge in [0.1, 0.15) is 0 Å². The molecule has 17 heavy (non-hydrogen) atoms. The van der Waals surface area contributed by atoms with Crippen LogP contribution in [0.4, 0.5) is 0 Å². The van der Waals surface area contributed by atoms with E-state index in [0.29, 0.717) is 5.56 Å². The number of benzene rings is 1. The van der Waals surface area contributed by atoms with E-state index in [2.05, 4.69) is 5.32 Å². The van der Waals surface area contributed by atoms with Gasteiger partial charge in [0.25, 0.3) is 5.09 Å². The molecule has 0 amide bonds. The van der Waals surface area contributed by atoms with Crippen LogP contribution in [0.5, 0.6) is 0 Å². The molecule has 1 aromatic carbocycles. The summed E-state index contributed by atoms with van der Waals surface area (Å²) in [6.45, 7) is 0. The SMILES string of the molecule is O=C(c1ccccc1)C1NC=C(S(=O)(=O)O)O1. The third-order valence-corrected chi connectivity index (χ3v) is 2.86. The summed E-state index contributed by atoms with van der Waals surface area (Å²) in [4.78, 5) is 11.8. The van der Waals surface area contributed by atoms with Crippen molar-refractivity contribution in [2.24, 2.45) is 0 Å². The molecule has 0 aliphatic carbocycles. The van der Waals surface area contributed by atoms with Gasteiger partial charge >= 0.3 is 10.1 Å². The number of carbonyl (C=O) groups excluding carboxylic acids is 1. The average Bonchev–Trinajstić information content (AvgIpc) is 2.78. The number of nitrogens with one attached hydrogen (secondary N) is 1. The molecule has 2 N–H and O–H groups in total. The van der Waals surface area contributed by atoms with E-state index in [1.165, 1.54) is 0 Å². The van der Waals surface area contributed by atoms with Gasteiger partial charge in [-0.1, -0.05) is 30.3 Å². The van der Waals surface area contributed by atoms with Crippen molar-refractivity contribution in [3.05, 3.63) is 47.2 Å². The van der Waals surface area contributed by atoms with Crippen molar-refractivity contribution in [1.82, 2.24) is 5.32 Å². The molecular formula is C10H9NO5S. The summed E-state index contributed by atoms with van der Waals surface area (Å²) in [5.41, 5.74) is 0.384. The fraction of sp³-hybridized carbons (Fsp3) is 0.100. The Morgan fingerprint density at radius 2 is 1.94 bits per heavy atom. The number of hydrogen-bond acceptors (Lipinski definition) is 5. The molecule has 1 aliphatic heterocycles. The average molecular weight is 255 g/mol. The third kappa shape index (κ3) is 2.45. The molecule has 1 unspecified atom stereocenters. The van der Waals surface area contributed by atoms with Gasteiger partial charge in [0.2, 0.25) is 12.0 Å². The van der Waals surface area contributed by atoms with Gasteiger partial charge in [0.15, 0.2) is 0 Å². The van der Waals surface area contributed by atoms with E-state index in [0.717, 1.165) is 6.20 Å². The largest absolute Gasteiger partial charge is 0.448 e. The van der Waals surface area contributed by atoms with E-state index in [1.54, 1.807) is 30.3 Å². The van der Waals surface area contributed by atoms with E-state index in [1.807, 2.05) is 0 Å². The predicted molar refractivity (Wildman–Crippen MR) is 58.4 cm³/mol. The molecule has 0 aromatic heterocycles. The van der Waals surface area contributed by atoms with E-state index < -0.39 is 27.2 Å². The highest BCUT2D eigenvalue weighted by molar-refractivity contribution is 7.89. The maximum absolute atomic E-state index is 11.8. The molecule has 7 heteroatoms. The van der Waals surface area contributed by atoms with Crippen LogP contribution in [0.2, 0.25) is 0 Å². The Bertz CT molecular complexity index is 564. The molecule has 6 nitrogen and oxygen atoms in total. The first-order valence-corrected chi connectivity index (χ1v) is 6.12. The van der Waals surface area contributed by atoms with Crippen molar-refractivity contribution < 1.29 is 22.5 Å². The van der Waals surface area contributed by atoms with Gasteiger partial charge in [0.05, 0.1) is 6.20 Å². The molecular weight excluding hydrogens is 246 g/mol. The summed E-state index contributed by atoms with van der Waals surface area (Å²) in [5, 5.41) is 1.78. The number of carbonyl (C=O) groups is 1. The zero-order valence-electron chi connectivity index (χ0n) is 8.53. The minimum absolute atomic E-state index is 0.384. The highest BCUT2D eigenvalue weighted by Crippen LogP contribution is 2.16. The Hall–Kier alpha value is -1.86. The van der Waals surface area contributed by atoms with Crippen molar-refractivity contribution >= 4 is 15.9 Å². The van der Waals surface area contributed by atoms with Crippen molar-refractivity contribution in [3.8, 4) is 0 Å². The number of rotatable bonds is 3. The Kier molecular flexibility index (Phi) is 2.86. The van der Waals surface area contributed by atoms with Crippen LogP contribution in [0.1, 0.15) is 10.4 Å². The first kappa shape index (κ1) is 11.6. The first-order valence-electron chi connectivity index (χ1n) is 4.68. The van der Waals surface area contributed by atoms with Gasteiger partial charge in [-0.2, -0.15) is 8.42 Å². The van der Waals surface area contributed by atoms with E-state index in [9.17, 15) is 13.2 Å². The topological polar surface area (TPSA) is 92.7 Å². The predicted octanol–water partition coefficient (Wildman–Crippen LogP) is 0.502. The van der Waals surface area contributed by atoms with Crippen LogP contribution in [0.15, 0.2) is 41.6 Å². The smallest absolute Gasteiger partial charge is 0.329 e. The van der Waals surface area contributed by atoms with Crippen molar-refractivity contribution in [3.63, 3.8) is 0 Å². The monoisotopic (exact) mass is 255 g/mol. The second-order valence-corrected chi connectivity index (χ2v) is 4.69. The van der Waals surface area contributed by atoms with Crippen LogP contribution in [-0.2, 0) is 14.9 Å². The molecule has 0 spiro atoms. The van der Waals surface area contributed by atoms with Crippen molar-refractivity contribution in [2.45, 2.75) is 6.23 Å². The van der Waals surface area contributed by atoms with E-state index >= 15 is 0 Å². The molecule has 1 aliphatic rings. The normalized spacial score (nSPS) is 19.1. The van der Waals surface area contributed by atoms with Crippen LogP contribution >= 0.6 is 0 Å². The summed E-state index contributed by atoms with van der Waals surface area (Å²) in [7, 11) is -4.43. The molecule has 2 rings (SSSR count). The Morgan fingerprint density at radius 3 is 2.47 bits per heavy atom. The van der Waals surface area contributed by atoms with Gasteiger partial charge in [0, 0.05) is 5.56 Å². The second-order valence-electron chi connectivity index (χ2n) is 3.33. The van der Waals surface area contributed by atoms with E-state index in [-0.39, 0.29) is 0 Å². The molecule has 1 atom stereocenters. The maximum Gasteiger partial charge on any atom is 0.329 e. The molecule has 0 saturated heterocycles. The van der Waals surface area contributed by atoms with Gasteiger partial charge in [-0.3, -0.25) is 9.35 Å². The highest BCUT2D eigenvalue weighted by Gasteiger charge is 2.31. The fourth-order valence-corrected chi connectivity index (χ4v) is 1.78. The summed E-state index contributed by atoms with van der Waals surface area (Å²) >= 11 is 0. The summed E-state index contributed by atoms with van der Waals surface area (Å²) in [6, 6.07) is 8.28. The third-order valence-electron chi connectivity index (χ3n) is 2.14. The molecule has 90 valence electrons. The van der Waals surface area contributed by atoms with Crippen LogP contribution in [0.3, 0.4) is 0 Å². The lowest BCUT2D eigenvalue weighted by Gasteiger charge is -2.10. The van der Waals surface area contributed by atoms with Gasteiger partial charge < -0.3 is 10.1 Å². The highest BCUT2D eigenvalue weighted by atomic mass is 32.2. The van der Waals surface area contributed by atoms with Crippen molar-refractivity contribution in [2.75, 3.05) is 0 Å². The van der Waals surface area contributed by atoms with Crippen LogP contribution in [-0.4, -0.2) is 25.0 Å². The Labute approximate surface area is 97.6 Å². The van der Waals surface area contributed by atoms with Gasteiger partial charge in [-0.25, -0.2) is 0 Å². The van der Waals surface area contributed by atoms with Gasteiger partial charge in [-0.15, -0.1) is 0 Å². The Balaban J connectivity index is 2.12. The summed E-state index contributed by atoms with van der Waals surface area (Å²) < 4.78 is 35.0. The molecule has 0 fully saturated rings. The fourth-order valence-electron chi connectivity index (χ4n) is 1.35. The molecule has 0 radical (unpaired) electrons. The number of ketones is 1. The quantitative estimate of drug-likeness (QED) is 0.603. The van der Waals surface area contributed by atoms with Crippen LogP contribution in [0, 0.1) is 0 Å². The lowest BCUT2D eigenvalue weighted by Crippen LogP contribution is -2.31. The zero-order chi connectivity index (χ0) is 12.5. The number of Topliss-reactive ketones (excluding diaryl/α,β-unsaturated/α-hetero) is 1. The summed E-state index contributed by atoms with van der Waals surface area (Å²) in [5.74, 6) is -0.416. The van der Waals surface area contributed by atoms with Crippen LogP contribution < -0.4 is 5.32 Å². The van der Waals surface area contributed by atoms with Gasteiger partial charge in [-0.05, 0) is 0 Å². The minimum atomic E-state index is -4.43. The maximum atomic E-state index is 11.8. The summed E-state index contributed by atoms with van der Waals surface area (Å²) in [6.07, 6.45) is -0.185. The second kappa shape index (κ2) is 4.19. The lowest BCUT2D eigenvalue weighted by molar-refractivity contribution is 0.0696. The lowest BCUT2D eigenvalue weighted by atomic mass is 10.1. The first-order chi connectivity index (χ1) is 7.98. The molecule has 1 heterocycles. The molecule has 0 bridgehead atoms. The Morgan fingerprint density at radius 1 is 1.29 bits per heavy atom. The number of ether oxygens (including phenoxy) is 1. The minimum Gasteiger partial charge on any atom is -0.448 e. The zero-order valence-corrected chi connectivity index (χ0v) is 9.35. The van der Waals surface area contributed by atoms with Crippen LogP contribution in [0.25, 0.3) is 0 Å². The van der Waals surface area contributed by atoms with E-state index in [4.69, 9.17) is 9.29 Å².